The zero-order valence-corrected chi connectivity index (χ0v) is 11.0. The number of hydrogen-bond donors (Lipinski definition) is 1. The van der Waals surface area contributed by atoms with Crippen molar-refractivity contribution >= 4 is 0 Å². The Kier molecular flexibility index (Phi) is 3.92. The number of rotatable bonds is 4. The van der Waals surface area contributed by atoms with Crippen molar-refractivity contribution in [1.82, 2.24) is 5.32 Å². The highest BCUT2D eigenvalue weighted by atomic mass is 16.5. The lowest BCUT2D eigenvalue weighted by molar-refractivity contribution is 0.0542. The third-order valence-corrected chi connectivity index (χ3v) is 3.53. The average molecular weight is 253 g/mol. The van der Waals surface area contributed by atoms with Gasteiger partial charge in [0.05, 0.1) is 12.7 Å². The monoisotopic (exact) mass is 253 g/mol. The third kappa shape index (κ3) is 3.22. The Morgan fingerprint density at radius 1 is 1.00 bits per heavy atom. The number of nitrogens with one attached hydrogen (secondary N) is 1. The van der Waals surface area contributed by atoms with Gasteiger partial charge in [-0.15, -0.1) is 0 Å². The van der Waals surface area contributed by atoms with Crippen LogP contribution in [0.25, 0.3) is 11.1 Å². The van der Waals surface area contributed by atoms with Crippen LogP contribution >= 0.6 is 0 Å². The van der Waals surface area contributed by atoms with Crippen LogP contribution < -0.4 is 5.32 Å². The first-order chi connectivity index (χ1) is 9.42. The van der Waals surface area contributed by atoms with E-state index in [1.165, 1.54) is 16.7 Å². The Morgan fingerprint density at radius 2 is 1.84 bits per heavy atom. The number of hydrogen-bond acceptors (Lipinski definition) is 2. The Labute approximate surface area is 114 Å². The minimum absolute atomic E-state index is 0.375. The molecule has 1 aliphatic heterocycles. The Hall–Kier alpha value is -1.64. The van der Waals surface area contributed by atoms with Gasteiger partial charge in [0.15, 0.2) is 0 Å². The van der Waals surface area contributed by atoms with Crippen molar-refractivity contribution in [3.63, 3.8) is 0 Å². The first-order valence-corrected chi connectivity index (χ1v) is 6.88. The van der Waals surface area contributed by atoms with Crippen LogP contribution in [0.1, 0.15) is 12.0 Å². The van der Waals surface area contributed by atoms with E-state index < -0.39 is 0 Å². The van der Waals surface area contributed by atoms with Crippen molar-refractivity contribution in [2.75, 3.05) is 13.1 Å². The maximum Gasteiger partial charge on any atom is 0.0721 e. The van der Waals surface area contributed by atoms with Gasteiger partial charge in [-0.2, -0.15) is 0 Å². The molecule has 0 saturated carbocycles. The quantitative estimate of drug-likeness (QED) is 0.903. The van der Waals surface area contributed by atoms with Gasteiger partial charge in [-0.3, -0.25) is 0 Å². The van der Waals surface area contributed by atoms with Crippen molar-refractivity contribution in [1.29, 1.82) is 0 Å². The van der Waals surface area contributed by atoms with Gasteiger partial charge in [-0.25, -0.2) is 0 Å². The van der Waals surface area contributed by atoms with Crippen molar-refractivity contribution in [3.8, 4) is 11.1 Å². The maximum atomic E-state index is 5.92. The summed E-state index contributed by atoms with van der Waals surface area (Å²) in [6, 6.07) is 19.1. The fraction of sp³-hybridized carbons (Fsp3) is 0.294. The van der Waals surface area contributed by atoms with Crippen LogP contribution in [-0.4, -0.2) is 19.2 Å². The summed E-state index contributed by atoms with van der Waals surface area (Å²) in [4.78, 5) is 0. The maximum absolute atomic E-state index is 5.92. The molecule has 0 aliphatic carbocycles. The predicted octanol–water partition coefficient (Wildman–Crippen LogP) is 3.23. The molecule has 2 heteroatoms. The number of benzene rings is 2. The molecule has 2 aromatic rings. The molecule has 0 aromatic heterocycles. The molecule has 0 amide bonds. The van der Waals surface area contributed by atoms with E-state index in [4.69, 9.17) is 4.74 Å². The lowest BCUT2D eigenvalue weighted by Gasteiger charge is -2.11. The predicted molar refractivity (Wildman–Crippen MR) is 77.9 cm³/mol. The molecule has 2 nitrogen and oxygen atoms in total. The van der Waals surface area contributed by atoms with Crippen molar-refractivity contribution in [3.05, 3.63) is 60.2 Å². The molecular weight excluding hydrogens is 234 g/mol. The second-order valence-corrected chi connectivity index (χ2v) is 4.99. The largest absolute Gasteiger partial charge is 0.372 e. The van der Waals surface area contributed by atoms with Crippen LogP contribution in [0.3, 0.4) is 0 Å². The van der Waals surface area contributed by atoms with E-state index in [0.717, 1.165) is 19.5 Å². The zero-order valence-electron chi connectivity index (χ0n) is 11.0. The van der Waals surface area contributed by atoms with E-state index in [0.29, 0.717) is 12.7 Å². The first kappa shape index (κ1) is 12.4. The van der Waals surface area contributed by atoms with Gasteiger partial charge in [-0.1, -0.05) is 48.5 Å². The summed E-state index contributed by atoms with van der Waals surface area (Å²) in [6.07, 6.45) is 1.50. The first-order valence-electron chi connectivity index (χ1n) is 6.88. The summed E-state index contributed by atoms with van der Waals surface area (Å²) in [5, 5.41) is 3.32. The third-order valence-electron chi connectivity index (χ3n) is 3.53. The highest BCUT2D eigenvalue weighted by molar-refractivity contribution is 5.63. The Balaban J connectivity index is 1.69. The van der Waals surface area contributed by atoms with Gasteiger partial charge in [-0.05, 0) is 35.7 Å². The summed E-state index contributed by atoms with van der Waals surface area (Å²) in [6.45, 7) is 2.76. The molecule has 98 valence electrons. The standard InChI is InChI=1S/C17H19NO/c1-2-6-15(7-3-1)16-8-4-5-14(11-16)13-19-17-9-10-18-12-17/h1-8,11,17-18H,9-10,12-13H2. The topological polar surface area (TPSA) is 21.3 Å². The molecule has 1 fully saturated rings. The van der Waals surface area contributed by atoms with E-state index in [1.54, 1.807) is 0 Å². The molecule has 0 spiro atoms. The summed E-state index contributed by atoms with van der Waals surface area (Å²) in [5.74, 6) is 0. The molecule has 1 heterocycles. The van der Waals surface area contributed by atoms with Gasteiger partial charge >= 0.3 is 0 Å². The molecule has 3 rings (SSSR count). The fourth-order valence-corrected chi connectivity index (χ4v) is 2.46. The SMILES string of the molecule is c1ccc(-c2cccc(COC3CCNC3)c2)cc1. The van der Waals surface area contributed by atoms with Crippen LogP contribution in [0, 0.1) is 0 Å². The summed E-state index contributed by atoms with van der Waals surface area (Å²) < 4.78 is 5.92. The van der Waals surface area contributed by atoms with Crippen LogP contribution in [0.4, 0.5) is 0 Å². The average Bonchev–Trinajstić information content (AvgIpc) is 3.00. The Bertz CT molecular complexity index is 518. The lowest BCUT2D eigenvalue weighted by Crippen LogP contribution is -2.16. The molecule has 0 bridgehead atoms. The molecule has 1 saturated heterocycles. The van der Waals surface area contributed by atoms with Gasteiger partial charge in [0.25, 0.3) is 0 Å². The van der Waals surface area contributed by atoms with Gasteiger partial charge in [0, 0.05) is 6.54 Å². The van der Waals surface area contributed by atoms with E-state index in [-0.39, 0.29) is 0 Å². The summed E-state index contributed by atoms with van der Waals surface area (Å²) in [5.41, 5.74) is 3.76. The number of ether oxygens (including phenoxy) is 1. The minimum Gasteiger partial charge on any atom is -0.372 e. The fourth-order valence-electron chi connectivity index (χ4n) is 2.46. The molecule has 1 atom stereocenters. The summed E-state index contributed by atoms with van der Waals surface area (Å²) in [7, 11) is 0. The van der Waals surface area contributed by atoms with E-state index in [1.807, 2.05) is 6.07 Å². The summed E-state index contributed by atoms with van der Waals surface area (Å²) >= 11 is 0. The smallest absolute Gasteiger partial charge is 0.0721 e. The zero-order chi connectivity index (χ0) is 12.9. The molecule has 0 radical (unpaired) electrons. The molecule has 19 heavy (non-hydrogen) atoms. The normalized spacial score (nSPS) is 18.6. The second kappa shape index (κ2) is 6.00. The highest BCUT2D eigenvalue weighted by Crippen LogP contribution is 2.20. The van der Waals surface area contributed by atoms with Crippen LogP contribution in [0.2, 0.25) is 0 Å². The molecule has 2 aromatic carbocycles. The van der Waals surface area contributed by atoms with E-state index >= 15 is 0 Å². The minimum atomic E-state index is 0.375. The van der Waals surface area contributed by atoms with Gasteiger partial charge in [0.2, 0.25) is 0 Å². The van der Waals surface area contributed by atoms with E-state index in [2.05, 4.69) is 53.8 Å². The Morgan fingerprint density at radius 3 is 2.63 bits per heavy atom. The van der Waals surface area contributed by atoms with Crippen molar-refractivity contribution in [2.24, 2.45) is 0 Å². The molecule has 1 N–H and O–H groups in total. The highest BCUT2D eigenvalue weighted by Gasteiger charge is 2.14. The van der Waals surface area contributed by atoms with Crippen molar-refractivity contribution < 1.29 is 4.74 Å². The van der Waals surface area contributed by atoms with Crippen LogP contribution in [0.5, 0.6) is 0 Å². The van der Waals surface area contributed by atoms with Crippen molar-refractivity contribution in [2.45, 2.75) is 19.1 Å². The van der Waals surface area contributed by atoms with Crippen LogP contribution in [0.15, 0.2) is 54.6 Å². The van der Waals surface area contributed by atoms with Gasteiger partial charge < -0.3 is 10.1 Å². The van der Waals surface area contributed by atoms with Crippen LogP contribution in [-0.2, 0) is 11.3 Å². The molecule has 1 unspecified atom stereocenters. The van der Waals surface area contributed by atoms with Gasteiger partial charge in [0.1, 0.15) is 0 Å². The molecular formula is C17H19NO. The second-order valence-electron chi connectivity index (χ2n) is 4.99. The van der Waals surface area contributed by atoms with E-state index in [9.17, 15) is 0 Å². The molecule has 1 aliphatic rings. The lowest BCUT2D eigenvalue weighted by atomic mass is 10.0.